The maximum Gasteiger partial charge on any atom is 0.228 e. The van der Waals surface area contributed by atoms with Gasteiger partial charge < -0.3 is 9.84 Å². The van der Waals surface area contributed by atoms with Gasteiger partial charge in [-0.25, -0.2) is 0 Å². The molecule has 25 heavy (non-hydrogen) atoms. The van der Waals surface area contributed by atoms with Crippen molar-refractivity contribution in [2.24, 2.45) is 5.92 Å². The van der Waals surface area contributed by atoms with Gasteiger partial charge in [0.2, 0.25) is 5.91 Å². The van der Waals surface area contributed by atoms with E-state index in [-0.39, 0.29) is 17.7 Å². The zero-order chi connectivity index (χ0) is 17.4. The van der Waals surface area contributed by atoms with Gasteiger partial charge in [-0.05, 0) is 30.9 Å². The monoisotopic (exact) mass is 352 g/mol. The van der Waals surface area contributed by atoms with Crippen LogP contribution in [0.5, 0.6) is 0 Å². The lowest BCUT2D eigenvalue weighted by Crippen LogP contribution is -2.15. The Balaban J connectivity index is 1.53. The lowest BCUT2D eigenvalue weighted by molar-refractivity contribution is -0.117. The zero-order valence-corrected chi connectivity index (χ0v) is 14.5. The van der Waals surface area contributed by atoms with E-state index in [1.165, 1.54) is 0 Å². The van der Waals surface area contributed by atoms with Gasteiger partial charge in [-0.15, -0.1) is 0 Å². The van der Waals surface area contributed by atoms with E-state index >= 15 is 0 Å². The molecule has 2 atom stereocenters. The van der Waals surface area contributed by atoms with Crippen LogP contribution in [-0.4, -0.2) is 11.1 Å². The molecule has 1 fully saturated rings. The molecular formula is C20H17ClN2O2. The van der Waals surface area contributed by atoms with Gasteiger partial charge in [0.05, 0.1) is 0 Å². The number of amides is 1. The molecule has 4 nitrogen and oxygen atoms in total. The molecule has 1 aliphatic rings. The molecule has 4 rings (SSSR count). The van der Waals surface area contributed by atoms with Crippen molar-refractivity contribution >= 4 is 23.2 Å². The molecule has 1 aliphatic carbocycles. The third kappa shape index (κ3) is 3.05. The third-order valence-corrected chi connectivity index (χ3v) is 4.92. The number of hydrogen-bond donors (Lipinski definition) is 1. The van der Waals surface area contributed by atoms with Crippen LogP contribution in [0.25, 0.3) is 11.3 Å². The molecule has 0 saturated heterocycles. The van der Waals surface area contributed by atoms with Crippen LogP contribution in [0.4, 0.5) is 5.69 Å². The van der Waals surface area contributed by atoms with E-state index in [4.69, 9.17) is 16.1 Å². The van der Waals surface area contributed by atoms with Gasteiger partial charge in [-0.2, -0.15) is 0 Å². The predicted molar refractivity (Wildman–Crippen MR) is 97.6 cm³/mol. The van der Waals surface area contributed by atoms with Crippen LogP contribution in [0, 0.1) is 12.8 Å². The fourth-order valence-corrected chi connectivity index (χ4v) is 3.40. The maximum absolute atomic E-state index is 12.7. The van der Waals surface area contributed by atoms with Crippen LogP contribution in [0.2, 0.25) is 5.02 Å². The molecule has 3 aromatic rings. The summed E-state index contributed by atoms with van der Waals surface area (Å²) in [6.45, 7) is 1.82. The van der Waals surface area contributed by atoms with E-state index < -0.39 is 0 Å². The lowest BCUT2D eigenvalue weighted by atomic mass is 10.1. The summed E-state index contributed by atoms with van der Waals surface area (Å²) in [4.78, 5) is 12.7. The first-order valence-electron chi connectivity index (χ1n) is 8.22. The first kappa shape index (κ1) is 15.9. The van der Waals surface area contributed by atoms with Gasteiger partial charge in [-0.1, -0.05) is 65.3 Å². The fraction of sp³-hybridized carbons (Fsp3) is 0.200. The number of aryl methyl sites for hydroxylation is 1. The van der Waals surface area contributed by atoms with Crippen LogP contribution < -0.4 is 5.32 Å². The molecule has 2 aromatic carbocycles. The molecule has 1 N–H and O–H groups in total. The molecule has 1 amide bonds. The number of aromatic nitrogens is 1. The van der Waals surface area contributed by atoms with E-state index in [0.29, 0.717) is 22.2 Å². The van der Waals surface area contributed by atoms with Gasteiger partial charge in [0, 0.05) is 16.5 Å². The topological polar surface area (TPSA) is 55.1 Å². The molecule has 0 unspecified atom stereocenters. The Kier molecular flexibility index (Phi) is 4.06. The molecule has 1 aromatic heterocycles. The van der Waals surface area contributed by atoms with Gasteiger partial charge in [-0.3, -0.25) is 4.79 Å². The Morgan fingerprint density at radius 1 is 1.16 bits per heavy atom. The van der Waals surface area contributed by atoms with Crippen molar-refractivity contribution < 1.29 is 9.32 Å². The number of nitrogens with zero attached hydrogens (tertiary/aromatic N) is 1. The molecule has 126 valence electrons. The number of rotatable bonds is 4. The molecule has 0 spiro atoms. The highest BCUT2D eigenvalue weighted by molar-refractivity contribution is 6.31. The quantitative estimate of drug-likeness (QED) is 0.715. The summed E-state index contributed by atoms with van der Waals surface area (Å²) in [6, 6.07) is 17.3. The van der Waals surface area contributed by atoms with Crippen molar-refractivity contribution in [2.45, 2.75) is 19.3 Å². The molecule has 1 saturated carbocycles. The lowest BCUT2D eigenvalue weighted by Gasteiger charge is -2.06. The Labute approximate surface area is 150 Å². The molecule has 1 heterocycles. The van der Waals surface area contributed by atoms with Gasteiger partial charge in [0.15, 0.2) is 5.76 Å². The van der Waals surface area contributed by atoms with E-state index in [1.54, 1.807) is 0 Å². The number of halogens is 1. The summed E-state index contributed by atoms with van der Waals surface area (Å²) in [5, 5.41) is 7.72. The minimum atomic E-state index is -0.0715. The van der Waals surface area contributed by atoms with E-state index in [0.717, 1.165) is 17.5 Å². The molecule has 0 bridgehead atoms. The van der Waals surface area contributed by atoms with Crippen molar-refractivity contribution in [1.82, 2.24) is 5.16 Å². The van der Waals surface area contributed by atoms with Gasteiger partial charge in [0.1, 0.15) is 11.4 Å². The van der Waals surface area contributed by atoms with Crippen LogP contribution in [0.3, 0.4) is 0 Å². The zero-order valence-electron chi connectivity index (χ0n) is 13.7. The Bertz CT molecular complexity index is 920. The number of carbonyl (C=O) groups is 1. The largest absolute Gasteiger partial charge is 0.354 e. The summed E-state index contributed by atoms with van der Waals surface area (Å²) >= 11 is 6.25. The summed E-state index contributed by atoms with van der Waals surface area (Å²) in [6.07, 6.45) is 0.806. The van der Waals surface area contributed by atoms with Gasteiger partial charge in [0.25, 0.3) is 0 Å². The van der Waals surface area contributed by atoms with Crippen molar-refractivity contribution in [3.05, 3.63) is 70.9 Å². The number of carbonyl (C=O) groups excluding carboxylic acids is 1. The minimum absolute atomic E-state index is 0.0200. The average Bonchev–Trinajstić information content (AvgIpc) is 3.35. The first-order valence-corrected chi connectivity index (χ1v) is 8.60. The van der Waals surface area contributed by atoms with Crippen LogP contribution >= 0.6 is 11.6 Å². The number of nitrogens with one attached hydrogen (secondary N) is 1. The maximum atomic E-state index is 12.7. The third-order valence-electron chi connectivity index (χ3n) is 4.58. The Hall–Kier alpha value is -2.59. The highest BCUT2D eigenvalue weighted by Gasteiger charge is 2.45. The van der Waals surface area contributed by atoms with E-state index in [2.05, 4.69) is 10.5 Å². The first-order chi connectivity index (χ1) is 12.1. The van der Waals surface area contributed by atoms with Crippen molar-refractivity contribution in [3.8, 4) is 11.3 Å². The number of anilines is 1. The summed E-state index contributed by atoms with van der Waals surface area (Å²) < 4.78 is 5.43. The average molecular weight is 353 g/mol. The second kappa shape index (κ2) is 6.37. The van der Waals surface area contributed by atoms with E-state index in [1.807, 2.05) is 61.5 Å². The summed E-state index contributed by atoms with van der Waals surface area (Å²) in [5.41, 5.74) is 3.23. The van der Waals surface area contributed by atoms with Crippen LogP contribution in [-0.2, 0) is 4.79 Å². The predicted octanol–water partition coefficient (Wildman–Crippen LogP) is 5.05. The van der Waals surface area contributed by atoms with Crippen molar-refractivity contribution in [3.63, 3.8) is 0 Å². The highest BCUT2D eigenvalue weighted by atomic mass is 35.5. The van der Waals surface area contributed by atoms with Crippen LogP contribution in [0.1, 0.15) is 23.6 Å². The molecular weight excluding hydrogens is 336 g/mol. The Morgan fingerprint density at radius 2 is 1.88 bits per heavy atom. The van der Waals surface area contributed by atoms with E-state index in [9.17, 15) is 4.79 Å². The normalized spacial score (nSPS) is 18.8. The second-order valence-electron chi connectivity index (χ2n) is 6.30. The fourth-order valence-electron chi connectivity index (χ4n) is 3.12. The minimum Gasteiger partial charge on any atom is -0.354 e. The second-order valence-corrected chi connectivity index (χ2v) is 6.70. The SMILES string of the molecule is Cc1noc(-c2ccccc2)c1NC(=O)[C@H]1C[C@H]1c1ccccc1Cl. The molecule has 0 radical (unpaired) electrons. The smallest absolute Gasteiger partial charge is 0.228 e. The standard InChI is InChI=1S/C20H17ClN2O2/c1-12-18(19(25-23-12)13-7-3-2-4-8-13)22-20(24)16-11-15(16)14-9-5-6-10-17(14)21/h2-10,15-16H,11H2,1H3,(H,22,24)/t15-,16-/m0/s1. The van der Waals surface area contributed by atoms with Gasteiger partial charge >= 0.3 is 0 Å². The van der Waals surface area contributed by atoms with Crippen molar-refractivity contribution in [2.75, 3.05) is 5.32 Å². The molecule has 0 aliphatic heterocycles. The Morgan fingerprint density at radius 3 is 2.64 bits per heavy atom. The highest BCUT2D eigenvalue weighted by Crippen LogP contribution is 2.50. The van der Waals surface area contributed by atoms with Crippen LogP contribution in [0.15, 0.2) is 59.1 Å². The summed E-state index contributed by atoms with van der Waals surface area (Å²) in [7, 11) is 0. The summed E-state index contributed by atoms with van der Waals surface area (Å²) in [5.74, 6) is 0.668. The number of benzene rings is 2. The van der Waals surface area contributed by atoms with Crippen molar-refractivity contribution in [1.29, 1.82) is 0 Å². The number of hydrogen-bond acceptors (Lipinski definition) is 3. The molecule has 5 heteroatoms.